The van der Waals surface area contributed by atoms with Crippen molar-refractivity contribution in [1.29, 1.82) is 0 Å². The summed E-state index contributed by atoms with van der Waals surface area (Å²) in [6.07, 6.45) is -0.505. The number of carbonyl (C=O) groups is 1. The summed E-state index contributed by atoms with van der Waals surface area (Å²) in [5.41, 5.74) is 2.00. The molecule has 0 spiro atoms. The Kier molecular flexibility index (Phi) is 6.18. The number of hydrogen-bond donors (Lipinski definition) is 2. The molecule has 0 aliphatic rings. The van der Waals surface area contributed by atoms with E-state index >= 15 is 0 Å². The molecule has 2 rings (SSSR count). The SMILES string of the molecule is CC(O)CN(CC(=O)NC(C)c1ccccc1)c1ccccc1. The Morgan fingerprint density at radius 2 is 1.61 bits per heavy atom. The lowest BCUT2D eigenvalue weighted by molar-refractivity contribution is -0.120. The minimum absolute atomic E-state index is 0.0483. The molecule has 0 aliphatic carbocycles. The van der Waals surface area contributed by atoms with Crippen LogP contribution in [0.2, 0.25) is 0 Å². The highest BCUT2D eigenvalue weighted by Crippen LogP contribution is 2.15. The lowest BCUT2D eigenvalue weighted by atomic mass is 10.1. The van der Waals surface area contributed by atoms with Crippen molar-refractivity contribution in [3.05, 3.63) is 66.2 Å². The molecule has 2 aromatic rings. The van der Waals surface area contributed by atoms with Gasteiger partial charge in [-0.2, -0.15) is 0 Å². The summed E-state index contributed by atoms with van der Waals surface area (Å²) in [6, 6.07) is 19.5. The molecule has 0 saturated heterocycles. The number of nitrogens with one attached hydrogen (secondary N) is 1. The summed E-state index contributed by atoms with van der Waals surface area (Å²) in [6.45, 7) is 4.32. The number of rotatable bonds is 7. The fourth-order valence-electron chi connectivity index (χ4n) is 2.50. The van der Waals surface area contributed by atoms with Gasteiger partial charge in [0.2, 0.25) is 5.91 Å². The molecule has 2 unspecified atom stereocenters. The molecule has 122 valence electrons. The van der Waals surface area contributed by atoms with Crippen LogP contribution >= 0.6 is 0 Å². The summed E-state index contributed by atoms with van der Waals surface area (Å²) >= 11 is 0. The molecule has 0 aliphatic heterocycles. The van der Waals surface area contributed by atoms with Gasteiger partial charge in [-0.3, -0.25) is 4.79 Å². The van der Waals surface area contributed by atoms with Gasteiger partial charge >= 0.3 is 0 Å². The van der Waals surface area contributed by atoms with Crippen LogP contribution in [-0.4, -0.2) is 30.2 Å². The number of amides is 1. The summed E-state index contributed by atoms with van der Waals surface area (Å²) < 4.78 is 0. The molecule has 0 bridgehead atoms. The van der Waals surface area contributed by atoms with E-state index in [4.69, 9.17) is 0 Å². The van der Waals surface area contributed by atoms with Gasteiger partial charge in [-0.15, -0.1) is 0 Å². The van der Waals surface area contributed by atoms with Crippen LogP contribution in [-0.2, 0) is 4.79 Å². The van der Waals surface area contributed by atoms with E-state index in [0.717, 1.165) is 11.3 Å². The van der Waals surface area contributed by atoms with Gasteiger partial charge in [-0.1, -0.05) is 48.5 Å². The second-order valence-corrected chi connectivity index (χ2v) is 5.76. The zero-order valence-electron chi connectivity index (χ0n) is 13.6. The van der Waals surface area contributed by atoms with E-state index in [0.29, 0.717) is 6.54 Å². The topological polar surface area (TPSA) is 52.6 Å². The van der Waals surface area contributed by atoms with Crippen LogP contribution in [0.15, 0.2) is 60.7 Å². The fraction of sp³-hybridized carbons (Fsp3) is 0.316. The molecule has 2 atom stereocenters. The van der Waals surface area contributed by atoms with Crippen LogP contribution in [0.25, 0.3) is 0 Å². The Balaban J connectivity index is 2.00. The lowest BCUT2D eigenvalue weighted by Gasteiger charge is -2.26. The Morgan fingerprint density at radius 3 is 2.17 bits per heavy atom. The number of aliphatic hydroxyl groups is 1. The van der Waals surface area contributed by atoms with Crippen molar-refractivity contribution in [2.75, 3.05) is 18.0 Å². The van der Waals surface area contributed by atoms with E-state index in [9.17, 15) is 9.90 Å². The van der Waals surface area contributed by atoms with Crippen molar-refractivity contribution in [1.82, 2.24) is 5.32 Å². The van der Waals surface area contributed by atoms with E-state index in [1.165, 1.54) is 0 Å². The first kappa shape index (κ1) is 17.0. The molecule has 2 N–H and O–H groups in total. The Hall–Kier alpha value is -2.33. The smallest absolute Gasteiger partial charge is 0.239 e. The second-order valence-electron chi connectivity index (χ2n) is 5.76. The number of anilines is 1. The number of aliphatic hydroxyl groups excluding tert-OH is 1. The Bertz CT molecular complexity index is 599. The zero-order valence-corrected chi connectivity index (χ0v) is 13.6. The average Bonchev–Trinajstić information content (AvgIpc) is 2.55. The number of carbonyl (C=O) groups excluding carboxylic acids is 1. The van der Waals surface area contributed by atoms with Gasteiger partial charge in [0.05, 0.1) is 18.7 Å². The molecular formula is C19H24N2O2. The molecule has 23 heavy (non-hydrogen) atoms. The molecular weight excluding hydrogens is 288 g/mol. The van der Waals surface area contributed by atoms with E-state index < -0.39 is 6.10 Å². The van der Waals surface area contributed by atoms with Crippen LogP contribution < -0.4 is 10.2 Å². The number of nitrogens with zero attached hydrogens (tertiary/aromatic N) is 1. The first-order valence-corrected chi connectivity index (χ1v) is 7.88. The minimum Gasteiger partial charge on any atom is -0.392 e. The number of para-hydroxylation sites is 1. The molecule has 0 aromatic heterocycles. The highest BCUT2D eigenvalue weighted by Gasteiger charge is 2.15. The number of benzene rings is 2. The van der Waals surface area contributed by atoms with Crippen LogP contribution in [0.1, 0.15) is 25.5 Å². The fourth-order valence-corrected chi connectivity index (χ4v) is 2.50. The van der Waals surface area contributed by atoms with Crippen molar-refractivity contribution in [2.24, 2.45) is 0 Å². The van der Waals surface area contributed by atoms with Crippen molar-refractivity contribution in [2.45, 2.75) is 26.0 Å². The lowest BCUT2D eigenvalue weighted by Crippen LogP contribution is -2.41. The van der Waals surface area contributed by atoms with Gasteiger partial charge in [0.1, 0.15) is 0 Å². The van der Waals surface area contributed by atoms with E-state index in [1.807, 2.05) is 72.5 Å². The van der Waals surface area contributed by atoms with Gasteiger partial charge in [0.25, 0.3) is 0 Å². The molecule has 0 fully saturated rings. The van der Waals surface area contributed by atoms with Crippen LogP contribution in [0.4, 0.5) is 5.69 Å². The average molecular weight is 312 g/mol. The molecule has 4 nitrogen and oxygen atoms in total. The number of hydrogen-bond acceptors (Lipinski definition) is 3. The van der Waals surface area contributed by atoms with Crippen molar-refractivity contribution in [3.8, 4) is 0 Å². The maximum atomic E-state index is 12.4. The standard InChI is InChI=1S/C19H24N2O2/c1-15(22)13-21(18-11-7-4-8-12-18)14-19(23)20-16(2)17-9-5-3-6-10-17/h3-12,15-16,22H,13-14H2,1-2H3,(H,20,23). The Morgan fingerprint density at radius 1 is 1.04 bits per heavy atom. The highest BCUT2D eigenvalue weighted by molar-refractivity contribution is 5.81. The Labute approximate surface area is 137 Å². The van der Waals surface area contributed by atoms with Crippen molar-refractivity contribution >= 4 is 11.6 Å². The molecule has 0 saturated carbocycles. The van der Waals surface area contributed by atoms with E-state index in [2.05, 4.69) is 5.32 Å². The molecule has 0 heterocycles. The summed E-state index contributed by atoms with van der Waals surface area (Å²) in [7, 11) is 0. The molecule has 0 radical (unpaired) electrons. The molecule has 1 amide bonds. The maximum absolute atomic E-state index is 12.4. The van der Waals surface area contributed by atoms with E-state index in [1.54, 1.807) is 6.92 Å². The largest absolute Gasteiger partial charge is 0.392 e. The van der Waals surface area contributed by atoms with E-state index in [-0.39, 0.29) is 18.5 Å². The third-order valence-corrected chi connectivity index (χ3v) is 3.62. The minimum atomic E-state index is -0.505. The van der Waals surface area contributed by atoms with Gasteiger partial charge in [-0.05, 0) is 31.5 Å². The quantitative estimate of drug-likeness (QED) is 0.826. The monoisotopic (exact) mass is 312 g/mol. The van der Waals surface area contributed by atoms with Gasteiger partial charge in [-0.25, -0.2) is 0 Å². The van der Waals surface area contributed by atoms with Crippen LogP contribution in [0.3, 0.4) is 0 Å². The van der Waals surface area contributed by atoms with Gasteiger partial charge in [0, 0.05) is 12.2 Å². The maximum Gasteiger partial charge on any atom is 0.239 e. The highest BCUT2D eigenvalue weighted by atomic mass is 16.3. The van der Waals surface area contributed by atoms with Crippen molar-refractivity contribution in [3.63, 3.8) is 0 Å². The first-order chi connectivity index (χ1) is 11.1. The third kappa shape index (κ3) is 5.42. The van der Waals surface area contributed by atoms with Crippen molar-refractivity contribution < 1.29 is 9.90 Å². The van der Waals surface area contributed by atoms with Gasteiger partial charge < -0.3 is 15.3 Å². The normalized spacial score (nSPS) is 13.2. The third-order valence-electron chi connectivity index (χ3n) is 3.62. The predicted octanol–water partition coefficient (Wildman–Crippen LogP) is 2.75. The van der Waals surface area contributed by atoms with Crippen LogP contribution in [0.5, 0.6) is 0 Å². The first-order valence-electron chi connectivity index (χ1n) is 7.88. The molecule has 2 aromatic carbocycles. The van der Waals surface area contributed by atoms with Gasteiger partial charge in [0.15, 0.2) is 0 Å². The van der Waals surface area contributed by atoms with Crippen LogP contribution in [0, 0.1) is 0 Å². The second kappa shape index (κ2) is 8.34. The zero-order chi connectivity index (χ0) is 16.7. The summed E-state index contributed by atoms with van der Waals surface area (Å²) in [4.78, 5) is 14.2. The summed E-state index contributed by atoms with van der Waals surface area (Å²) in [5, 5.41) is 12.7. The predicted molar refractivity (Wildman–Crippen MR) is 93.3 cm³/mol. The summed E-state index contributed by atoms with van der Waals surface area (Å²) in [5.74, 6) is -0.0640. The molecule has 4 heteroatoms.